The molecule has 1 aliphatic carbocycles. The fraction of sp³-hybridized carbons (Fsp3) is 0.148. The van der Waals surface area contributed by atoms with Gasteiger partial charge in [0.05, 0.1) is 0 Å². The summed E-state index contributed by atoms with van der Waals surface area (Å²) in [4.78, 5) is 15.5. The Balaban J connectivity index is 0.00000709. The Morgan fingerprint density at radius 1 is 0.294 bits per heavy atom. The van der Waals surface area contributed by atoms with Gasteiger partial charge in [-0.05, 0) is 179 Å². The Hall–Kier alpha value is -8.92. The zero-order valence-corrected chi connectivity index (χ0v) is 51.4. The SMILES string of the molecule is Cc1ccc(C)c(-c2cc[c-]c(-c3ccc(-c4ccccc4C4CC(c5ccccc5-c5ccc(-c6[c-]ccc(-c7cc(C)ccc7C)c6)nc5)CC(c5ccccc5-c5ccc(-c6[c-]ccc(-c7cc(C)ccc7C)c6)nc5)C4)cn3)c2)c1.[Ir+3]. The molecule has 0 bridgehead atoms. The summed E-state index contributed by atoms with van der Waals surface area (Å²) < 4.78 is 0. The summed E-state index contributed by atoms with van der Waals surface area (Å²) >= 11 is 0. The third-order valence-corrected chi connectivity index (χ3v) is 17.5. The summed E-state index contributed by atoms with van der Waals surface area (Å²) in [6, 6.07) is 90.1. The Kier molecular flexibility index (Phi) is 16.5. The maximum Gasteiger partial charge on any atom is 3.00 e. The molecule has 12 aromatic rings. The molecule has 3 aromatic heterocycles. The molecular formula is C81H66IrN3. The third-order valence-electron chi connectivity index (χ3n) is 17.5. The van der Waals surface area contributed by atoms with Crippen molar-refractivity contribution < 1.29 is 20.1 Å². The molecule has 0 spiro atoms. The molecule has 0 atom stereocenters. The van der Waals surface area contributed by atoms with Crippen molar-refractivity contribution in [3.05, 3.63) is 305 Å². The van der Waals surface area contributed by atoms with Crippen molar-refractivity contribution in [2.24, 2.45) is 0 Å². The van der Waals surface area contributed by atoms with E-state index in [0.29, 0.717) is 0 Å². The zero-order valence-electron chi connectivity index (χ0n) is 49.0. The maximum absolute atomic E-state index is 5.15. The van der Waals surface area contributed by atoms with E-state index >= 15 is 0 Å². The van der Waals surface area contributed by atoms with Gasteiger partial charge in [-0.3, -0.25) is 0 Å². The molecule has 1 aliphatic rings. The number of benzene rings is 9. The smallest absolute Gasteiger partial charge is 0.304 e. The first-order chi connectivity index (χ1) is 41.1. The van der Waals surface area contributed by atoms with Gasteiger partial charge in [-0.2, -0.15) is 0 Å². The Labute approximate surface area is 516 Å². The van der Waals surface area contributed by atoms with Gasteiger partial charge >= 0.3 is 20.1 Å². The predicted octanol–water partition coefficient (Wildman–Crippen LogP) is 21.0. The number of nitrogens with zero attached hydrogens (tertiary/aromatic N) is 3. The summed E-state index contributed by atoms with van der Waals surface area (Å²) in [5, 5.41) is 0. The van der Waals surface area contributed by atoms with Crippen molar-refractivity contribution in [3.63, 3.8) is 0 Å². The van der Waals surface area contributed by atoms with E-state index in [-0.39, 0.29) is 37.9 Å². The van der Waals surface area contributed by atoms with Crippen LogP contribution in [0, 0.1) is 59.7 Å². The molecular weight excluding hydrogens is 1210 g/mol. The summed E-state index contributed by atoms with van der Waals surface area (Å²) in [6.07, 6.45) is 9.19. The molecule has 0 saturated heterocycles. The van der Waals surface area contributed by atoms with E-state index < -0.39 is 0 Å². The van der Waals surface area contributed by atoms with Crippen LogP contribution in [0.25, 0.3) is 101 Å². The molecule has 85 heavy (non-hydrogen) atoms. The van der Waals surface area contributed by atoms with E-state index in [2.05, 4.69) is 279 Å². The number of aryl methyl sites for hydroxylation is 6. The maximum atomic E-state index is 5.15. The molecule has 3 heterocycles. The Bertz CT molecular complexity index is 3910. The van der Waals surface area contributed by atoms with Gasteiger partial charge in [0.1, 0.15) is 0 Å². The number of hydrogen-bond donors (Lipinski definition) is 0. The van der Waals surface area contributed by atoms with E-state index in [0.717, 1.165) is 69.7 Å². The predicted molar refractivity (Wildman–Crippen MR) is 349 cm³/mol. The van der Waals surface area contributed by atoms with Crippen LogP contribution in [0.2, 0.25) is 0 Å². The van der Waals surface area contributed by atoms with Crippen LogP contribution in [0.15, 0.2) is 237 Å². The molecule has 13 rings (SSSR count). The summed E-state index contributed by atoms with van der Waals surface area (Å²) in [5.74, 6) is 0.733. The average Bonchev–Trinajstić information content (AvgIpc) is 3.68. The van der Waals surface area contributed by atoms with Gasteiger partial charge in [-0.15, -0.1) is 106 Å². The van der Waals surface area contributed by atoms with E-state index in [9.17, 15) is 0 Å². The van der Waals surface area contributed by atoms with E-state index in [1.165, 1.54) is 100 Å². The third kappa shape index (κ3) is 12.0. The minimum absolute atomic E-state index is 0. The second-order valence-electron chi connectivity index (χ2n) is 23.3. The second-order valence-corrected chi connectivity index (χ2v) is 23.3. The van der Waals surface area contributed by atoms with Crippen LogP contribution in [0.1, 0.15) is 87.1 Å². The molecule has 414 valence electrons. The van der Waals surface area contributed by atoms with Crippen molar-refractivity contribution in [2.75, 3.05) is 0 Å². The molecule has 0 aliphatic heterocycles. The van der Waals surface area contributed by atoms with Crippen LogP contribution in [-0.4, -0.2) is 15.0 Å². The number of pyridine rings is 3. The Morgan fingerprint density at radius 2 is 0.588 bits per heavy atom. The van der Waals surface area contributed by atoms with Crippen molar-refractivity contribution >= 4 is 0 Å². The quantitative estimate of drug-likeness (QED) is 0.114. The number of hydrogen-bond acceptors (Lipinski definition) is 3. The van der Waals surface area contributed by atoms with Crippen molar-refractivity contribution in [2.45, 2.75) is 78.6 Å². The molecule has 1 fully saturated rings. The van der Waals surface area contributed by atoms with Crippen LogP contribution in [-0.2, 0) is 20.1 Å². The van der Waals surface area contributed by atoms with E-state index in [4.69, 9.17) is 15.0 Å². The van der Waals surface area contributed by atoms with Crippen LogP contribution < -0.4 is 0 Å². The van der Waals surface area contributed by atoms with Crippen LogP contribution >= 0.6 is 0 Å². The van der Waals surface area contributed by atoms with Gasteiger partial charge in [0.25, 0.3) is 0 Å². The molecule has 0 amide bonds. The van der Waals surface area contributed by atoms with Crippen LogP contribution in [0.5, 0.6) is 0 Å². The first-order valence-corrected chi connectivity index (χ1v) is 29.5. The van der Waals surface area contributed by atoms with Gasteiger partial charge in [0.15, 0.2) is 0 Å². The van der Waals surface area contributed by atoms with Gasteiger partial charge in [-0.1, -0.05) is 180 Å². The van der Waals surface area contributed by atoms with Gasteiger partial charge in [0.2, 0.25) is 0 Å². The molecule has 9 aromatic carbocycles. The minimum atomic E-state index is 0. The largest absolute Gasteiger partial charge is 3.00 e. The zero-order chi connectivity index (χ0) is 57.3. The van der Waals surface area contributed by atoms with E-state index in [1.807, 2.05) is 18.2 Å². The first kappa shape index (κ1) is 56.6. The Morgan fingerprint density at radius 3 is 0.871 bits per heavy atom. The monoisotopic (exact) mass is 1270 g/mol. The fourth-order valence-corrected chi connectivity index (χ4v) is 13.1. The fourth-order valence-electron chi connectivity index (χ4n) is 13.1. The summed E-state index contributed by atoms with van der Waals surface area (Å²) in [7, 11) is 0. The standard InChI is InChI=1S/C81H66N3.Ir/c1-52-28-31-55(4)76(40-52)58-16-13-19-61(43-58)79-37-34-64(49-82-79)70-22-7-10-25-73(70)67-46-68(74-26-11-8-23-71(74)65-35-38-80(83-50-65)62-20-14-17-59(44-62)77-41-53(2)29-32-56(77)5)48-69(47-67)75-27-12-9-24-72(75)66-36-39-81(84-51-66)63-21-15-18-60(45-63)78-42-54(3)30-33-57(78)6;/h7-18,22-45,49-51,67-69H,46-48H2,1-6H3;/q-3;+3. The molecule has 1 saturated carbocycles. The average molecular weight is 1270 g/mol. The van der Waals surface area contributed by atoms with Gasteiger partial charge in [0, 0.05) is 18.6 Å². The summed E-state index contributed by atoms with van der Waals surface area (Å²) in [6.45, 7) is 13.0. The normalized spacial score (nSPS) is 14.8. The van der Waals surface area contributed by atoms with Crippen molar-refractivity contribution in [3.8, 4) is 101 Å². The van der Waals surface area contributed by atoms with Crippen molar-refractivity contribution in [1.29, 1.82) is 0 Å². The summed E-state index contributed by atoms with van der Waals surface area (Å²) in [5.41, 5.74) is 31.5. The van der Waals surface area contributed by atoms with Crippen molar-refractivity contribution in [1.82, 2.24) is 15.0 Å². The first-order valence-electron chi connectivity index (χ1n) is 29.5. The molecule has 0 radical (unpaired) electrons. The van der Waals surface area contributed by atoms with E-state index in [1.54, 1.807) is 0 Å². The topological polar surface area (TPSA) is 38.7 Å². The second kappa shape index (κ2) is 24.7. The van der Waals surface area contributed by atoms with Crippen LogP contribution in [0.3, 0.4) is 0 Å². The number of rotatable bonds is 12. The van der Waals surface area contributed by atoms with Crippen LogP contribution in [0.4, 0.5) is 0 Å². The minimum Gasteiger partial charge on any atom is -0.304 e. The van der Waals surface area contributed by atoms with Gasteiger partial charge < -0.3 is 15.0 Å². The molecule has 0 N–H and O–H groups in total. The molecule has 3 nitrogen and oxygen atoms in total. The molecule has 4 heteroatoms. The number of aromatic nitrogens is 3. The molecule has 0 unspecified atom stereocenters. The van der Waals surface area contributed by atoms with Gasteiger partial charge in [-0.25, -0.2) is 0 Å².